The van der Waals surface area contributed by atoms with E-state index < -0.39 is 5.54 Å². The number of pyridine rings is 1. The summed E-state index contributed by atoms with van der Waals surface area (Å²) >= 11 is 0. The van der Waals surface area contributed by atoms with Crippen molar-refractivity contribution in [3.63, 3.8) is 0 Å². The molecule has 5 heteroatoms. The van der Waals surface area contributed by atoms with Gasteiger partial charge in [-0.15, -0.1) is 0 Å². The van der Waals surface area contributed by atoms with Gasteiger partial charge in [-0.25, -0.2) is 0 Å². The zero-order valence-corrected chi connectivity index (χ0v) is 8.33. The number of ether oxygens (including phenoxy) is 1. The van der Waals surface area contributed by atoms with E-state index in [1.807, 2.05) is 0 Å². The van der Waals surface area contributed by atoms with Crippen LogP contribution in [0.25, 0.3) is 0 Å². The number of fused-ring (bicyclic) bond motifs is 1. The van der Waals surface area contributed by atoms with E-state index in [0.29, 0.717) is 11.7 Å². The highest BCUT2D eigenvalue weighted by Gasteiger charge is 2.52. The second-order valence-corrected chi connectivity index (χ2v) is 3.91. The second-order valence-electron chi connectivity index (χ2n) is 3.91. The Morgan fingerprint density at radius 3 is 2.93 bits per heavy atom. The molecule has 2 heterocycles. The summed E-state index contributed by atoms with van der Waals surface area (Å²) in [6, 6.07) is 3.52. The fourth-order valence-corrected chi connectivity index (χ4v) is 1.75. The molecule has 1 aromatic rings. The first kappa shape index (κ1) is 8.52. The Morgan fingerprint density at radius 2 is 2.27 bits per heavy atom. The first-order chi connectivity index (χ1) is 7.23. The number of methoxy groups -OCH3 is 1. The van der Waals surface area contributed by atoms with E-state index in [2.05, 4.69) is 15.6 Å². The molecule has 1 saturated carbocycles. The average molecular weight is 205 g/mol. The lowest BCUT2D eigenvalue weighted by atomic mass is 10.2. The van der Waals surface area contributed by atoms with Crippen LogP contribution >= 0.6 is 0 Å². The van der Waals surface area contributed by atoms with Crippen LogP contribution in [0.2, 0.25) is 0 Å². The van der Waals surface area contributed by atoms with Crippen LogP contribution in [0, 0.1) is 0 Å². The van der Waals surface area contributed by atoms with Crippen molar-refractivity contribution < 1.29 is 9.53 Å². The molecule has 3 rings (SSSR count). The van der Waals surface area contributed by atoms with E-state index in [0.717, 1.165) is 18.5 Å². The lowest BCUT2D eigenvalue weighted by Crippen LogP contribution is -2.41. The number of carbonyl (C=O) groups excluding carboxylic acids is 1. The molecule has 0 saturated heterocycles. The van der Waals surface area contributed by atoms with Crippen LogP contribution in [0.5, 0.6) is 5.88 Å². The predicted molar refractivity (Wildman–Crippen MR) is 55.0 cm³/mol. The molecule has 1 amide bonds. The van der Waals surface area contributed by atoms with Crippen LogP contribution in [0.15, 0.2) is 12.1 Å². The minimum Gasteiger partial charge on any atom is -0.481 e. The van der Waals surface area contributed by atoms with Crippen molar-refractivity contribution in [1.82, 2.24) is 4.98 Å². The predicted octanol–water partition coefficient (Wildman–Crippen LogP) is 0.987. The highest BCUT2D eigenvalue weighted by Crippen LogP contribution is 2.44. The number of rotatable bonds is 1. The van der Waals surface area contributed by atoms with Crippen LogP contribution in [-0.4, -0.2) is 23.5 Å². The minimum atomic E-state index is -0.396. The first-order valence-corrected chi connectivity index (χ1v) is 4.88. The largest absolute Gasteiger partial charge is 0.481 e. The summed E-state index contributed by atoms with van der Waals surface area (Å²) in [4.78, 5) is 15.9. The molecule has 5 nitrogen and oxygen atoms in total. The molecule has 1 aliphatic heterocycles. The Balaban J connectivity index is 2.02. The molecule has 0 unspecified atom stereocenters. The van der Waals surface area contributed by atoms with Crippen molar-refractivity contribution in [1.29, 1.82) is 0 Å². The van der Waals surface area contributed by atoms with Gasteiger partial charge in [0, 0.05) is 6.07 Å². The van der Waals surface area contributed by atoms with Crippen molar-refractivity contribution >= 4 is 17.4 Å². The van der Waals surface area contributed by atoms with Crippen LogP contribution in [0.3, 0.4) is 0 Å². The lowest BCUT2D eigenvalue weighted by Gasteiger charge is -2.25. The summed E-state index contributed by atoms with van der Waals surface area (Å²) in [5, 5.41) is 6.01. The minimum absolute atomic E-state index is 0.0435. The molecule has 1 aliphatic carbocycles. The Kier molecular flexibility index (Phi) is 1.49. The monoisotopic (exact) mass is 205 g/mol. The molecule has 78 valence electrons. The van der Waals surface area contributed by atoms with Gasteiger partial charge in [-0.1, -0.05) is 0 Å². The Bertz CT molecular complexity index is 440. The molecule has 0 aromatic carbocycles. The first-order valence-electron chi connectivity index (χ1n) is 4.88. The SMILES string of the molecule is COc1ccc2c(n1)NC1(CC1)C(=O)N2. The zero-order valence-electron chi connectivity index (χ0n) is 8.33. The van der Waals surface area contributed by atoms with Gasteiger partial charge in [-0.05, 0) is 18.9 Å². The third-order valence-corrected chi connectivity index (χ3v) is 2.87. The molecule has 0 radical (unpaired) electrons. The van der Waals surface area contributed by atoms with Gasteiger partial charge < -0.3 is 15.4 Å². The van der Waals surface area contributed by atoms with Crippen molar-refractivity contribution in [2.24, 2.45) is 0 Å². The third kappa shape index (κ3) is 1.16. The van der Waals surface area contributed by atoms with Gasteiger partial charge in [0.05, 0.1) is 12.8 Å². The van der Waals surface area contributed by atoms with Gasteiger partial charge in [0.25, 0.3) is 0 Å². The topological polar surface area (TPSA) is 63.2 Å². The normalized spacial score (nSPS) is 20.2. The van der Waals surface area contributed by atoms with E-state index in [4.69, 9.17) is 4.74 Å². The molecule has 1 fully saturated rings. The molecule has 15 heavy (non-hydrogen) atoms. The van der Waals surface area contributed by atoms with Crippen LogP contribution in [0.4, 0.5) is 11.5 Å². The molecular formula is C10H11N3O2. The maximum absolute atomic E-state index is 11.7. The maximum atomic E-state index is 11.7. The Hall–Kier alpha value is -1.78. The second kappa shape index (κ2) is 2.62. The fraction of sp³-hybridized carbons (Fsp3) is 0.400. The molecule has 1 aromatic heterocycles. The third-order valence-electron chi connectivity index (χ3n) is 2.87. The van der Waals surface area contributed by atoms with Crippen molar-refractivity contribution in [3.8, 4) is 5.88 Å². The molecular weight excluding hydrogens is 194 g/mol. The number of hydrogen-bond donors (Lipinski definition) is 2. The molecule has 0 bridgehead atoms. The summed E-state index contributed by atoms with van der Waals surface area (Å²) < 4.78 is 5.03. The number of amides is 1. The number of carbonyl (C=O) groups is 1. The highest BCUT2D eigenvalue weighted by atomic mass is 16.5. The van der Waals surface area contributed by atoms with Crippen molar-refractivity contribution in [2.45, 2.75) is 18.4 Å². The number of nitrogens with zero attached hydrogens (tertiary/aromatic N) is 1. The van der Waals surface area contributed by atoms with Gasteiger partial charge in [0.2, 0.25) is 11.8 Å². The van der Waals surface area contributed by atoms with Crippen molar-refractivity contribution in [3.05, 3.63) is 12.1 Å². The van der Waals surface area contributed by atoms with Crippen LogP contribution < -0.4 is 15.4 Å². The van der Waals surface area contributed by atoms with E-state index in [1.165, 1.54) is 0 Å². The standard InChI is InChI=1S/C10H11N3O2/c1-15-7-3-2-6-8(12-7)13-10(4-5-10)9(14)11-6/h2-3H,4-5H2,1H3,(H,11,14)(H,12,13). The summed E-state index contributed by atoms with van der Waals surface area (Å²) in [6.07, 6.45) is 1.74. The maximum Gasteiger partial charge on any atom is 0.250 e. The molecule has 1 spiro atoms. The fourth-order valence-electron chi connectivity index (χ4n) is 1.75. The van der Waals surface area contributed by atoms with Gasteiger partial charge in [0.15, 0.2) is 5.82 Å². The number of aromatic nitrogens is 1. The number of anilines is 2. The Morgan fingerprint density at radius 1 is 1.47 bits per heavy atom. The summed E-state index contributed by atoms with van der Waals surface area (Å²) in [7, 11) is 1.57. The quantitative estimate of drug-likeness (QED) is 0.717. The van der Waals surface area contributed by atoms with Gasteiger partial charge >= 0.3 is 0 Å². The summed E-state index contributed by atoms with van der Waals surface area (Å²) in [6.45, 7) is 0. The number of nitrogens with one attached hydrogen (secondary N) is 2. The zero-order chi connectivity index (χ0) is 10.5. The average Bonchev–Trinajstić information content (AvgIpc) is 3.00. The van der Waals surface area contributed by atoms with Gasteiger partial charge in [0.1, 0.15) is 5.54 Å². The van der Waals surface area contributed by atoms with Crippen LogP contribution in [-0.2, 0) is 4.79 Å². The summed E-state index contributed by atoms with van der Waals surface area (Å²) in [5.41, 5.74) is 0.324. The lowest BCUT2D eigenvalue weighted by molar-refractivity contribution is -0.117. The molecule has 0 atom stereocenters. The van der Waals surface area contributed by atoms with Gasteiger partial charge in [-0.2, -0.15) is 4.98 Å². The van der Waals surface area contributed by atoms with E-state index >= 15 is 0 Å². The summed E-state index contributed by atoms with van der Waals surface area (Å²) in [5.74, 6) is 1.29. The van der Waals surface area contributed by atoms with Crippen molar-refractivity contribution in [2.75, 3.05) is 17.7 Å². The molecule has 2 aliphatic rings. The highest BCUT2D eigenvalue weighted by molar-refractivity contribution is 6.07. The van der Waals surface area contributed by atoms with E-state index in [9.17, 15) is 4.79 Å². The van der Waals surface area contributed by atoms with E-state index in [-0.39, 0.29) is 5.91 Å². The molecule has 2 N–H and O–H groups in total. The van der Waals surface area contributed by atoms with Crippen LogP contribution in [0.1, 0.15) is 12.8 Å². The number of hydrogen-bond acceptors (Lipinski definition) is 4. The van der Waals surface area contributed by atoms with Gasteiger partial charge in [-0.3, -0.25) is 4.79 Å². The smallest absolute Gasteiger partial charge is 0.250 e. The van der Waals surface area contributed by atoms with E-state index in [1.54, 1.807) is 19.2 Å². The Labute approximate surface area is 86.8 Å².